The molecule has 40 heavy (non-hydrogen) atoms. The predicted octanol–water partition coefficient (Wildman–Crippen LogP) is 9.01. The van der Waals surface area contributed by atoms with E-state index in [4.69, 9.17) is 9.47 Å². The number of carbonyl (C=O) groups is 1. The Morgan fingerprint density at radius 1 is 0.850 bits per heavy atom. The molecule has 4 nitrogen and oxygen atoms in total. The van der Waals surface area contributed by atoms with Crippen LogP contribution < -0.4 is 4.74 Å². The predicted molar refractivity (Wildman–Crippen MR) is 142 cm³/mol. The molecule has 11 heteroatoms. The Balaban J connectivity index is 2.16. The fraction of sp³-hybridized carbons (Fsp3) is 0.345. The molecule has 0 aromatic heterocycles. The van der Waals surface area contributed by atoms with Gasteiger partial charge in [0.05, 0.1) is 25.3 Å². The molecule has 0 fully saturated rings. The third-order valence-corrected chi connectivity index (χ3v) is 7.02. The van der Waals surface area contributed by atoms with Gasteiger partial charge in [0, 0.05) is 23.5 Å². The molecule has 0 saturated heterocycles. The number of hydrogen-bond acceptors (Lipinski definition) is 4. The Kier molecular flexibility index (Phi) is 9.71. The summed E-state index contributed by atoms with van der Waals surface area (Å²) in [6, 6.07) is 12.0. The molecule has 0 N–H and O–H groups in total. The van der Waals surface area contributed by atoms with Crippen LogP contribution in [-0.4, -0.2) is 31.5 Å². The average Bonchev–Trinajstić information content (AvgIpc) is 2.90. The summed E-state index contributed by atoms with van der Waals surface area (Å²) < 4.78 is 92.1. The van der Waals surface area contributed by atoms with E-state index < -0.39 is 29.6 Å². The van der Waals surface area contributed by atoms with Crippen LogP contribution in [0.4, 0.5) is 31.1 Å². The van der Waals surface area contributed by atoms with Crippen molar-refractivity contribution < 1.29 is 40.6 Å². The van der Waals surface area contributed by atoms with Gasteiger partial charge in [-0.25, -0.2) is 4.79 Å². The van der Waals surface area contributed by atoms with Gasteiger partial charge in [0.2, 0.25) is 0 Å². The summed E-state index contributed by atoms with van der Waals surface area (Å²) in [5, 5.41) is 0. The second-order valence-corrected chi connectivity index (χ2v) is 10.3. The molecule has 0 spiro atoms. The molecule has 0 unspecified atom stereocenters. The van der Waals surface area contributed by atoms with Crippen molar-refractivity contribution in [1.82, 2.24) is 4.90 Å². The zero-order valence-electron chi connectivity index (χ0n) is 22.5. The van der Waals surface area contributed by atoms with E-state index in [0.717, 1.165) is 53.6 Å². The van der Waals surface area contributed by atoms with Crippen molar-refractivity contribution in [3.63, 3.8) is 0 Å². The summed E-state index contributed by atoms with van der Waals surface area (Å²) >= 11 is 1.10. The third-order valence-electron chi connectivity index (χ3n) is 6.31. The van der Waals surface area contributed by atoms with Crippen LogP contribution in [0.2, 0.25) is 0 Å². The number of methoxy groups -OCH3 is 2. The number of benzene rings is 3. The van der Waals surface area contributed by atoms with Gasteiger partial charge in [-0.05, 0) is 76.9 Å². The molecule has 0 aliphatic carbocycles. The summed E-state index contributed by atoms with van der Waals surface area (Å²) in [5.41, 5.74) is 0.267. The maximum atomic E-state index is 13.7. The zero-order valence-corrected chi connectivity index (χ0v) is 23.4. The zero-order chi connectivity index (χ0) is 29.8. The van der Waals surface area contributed by atoms with Gasteiger partial charge in [-0.3, -0.25) is 4.90 Å². The highest BCUT2D eigenvalue weighted by atomic mass is 32.2. The van der Waals surface area contributed by atoms with Crippen LogP contribution in [0.3, 0.4) is 0 Å². The number of amides is 1. The fourth-order valence-corrected chi connectivity index (χ4v) is 4.75. The SMILES string of the molecule is COC(=O)N(Cc1cc(SC)cc(C(F)(F)F)c1)Cc1cc(C(F)(F)F)ccc1-c1cc(C(C)C)ccc1OC. The first kappa shape index (κ1) is 31.2. The van der Waals surface area contributed by atoms with Gasteiger partial charge < -0.3 is 9.47 Å². The smallest absolute Gasteiger partial charge is 0.416 e. The van der Waals surface area contributed by atoms with Crippen molar-refractivity contribution in [2.24, 2.45) is 0 Å². The third kappa shape index (κ3) is 7.44. The summed E-state index contributed by atoms with van der Waals surface area (Å²) in [4.78, 5) is 14.2. The van der Waals surface area contributed by atoms with Gasteiger partial charge in [-0.15, -0.1) is 11.8 Å². The number of nitrogens with zero attached hydrogens (tertiary/aromatic N) is 1. The molecule has 0 heterocycles. The molecule has 0 atom stereocenters. The second-order valence-electron chi connectivity index (χ2n) is 9.38. The first-order chi connectivity index (χ1) is 18.7. The summed E-state index contributed by atoms with van der Waals surface area (Å²) in [5.74, 6) is 0.526. The van der Waals surface area contributed by atoms with Crippen molar-refractivity contribution in [3.05, 3.63) is 82.4 Å². The normalized spacial score (nSPS) is 12.0. The first-order valence-electron chi connectivity index (χ1n) is 12.1. The summed E-state index contributed by atoms with van der Waals surface area (Å²) in [7, 11) is 2.53. The van der Waals surface area contributed by atoms with Gasteiger partial charge in [-0.2, -0.15) is 26.3 Å². The highest BCUT2D eigenvalue weighted by Crippen LogP contribution is 2.39. The minimum Gasteiger partial charge on any atom is -0.496 e. The van der Waals surface area contributed by atoms with Crippen LogP contribution in [-0.2, 0) is 30.2 Å². The van der Waals surface area contributed by atoms with Gasteiger partial charge in [-0.1, -0.05) is 26.0 Å². The molecule has 3 aromatic rings. The minimum atomic E-state index is -4.67. The lowest BCUT2D eigenvalue weighted by Gasteiger charge is -2.25. The van der Waals surface area contributed by atoms with E-state index in [0.29, 0.717) is 21.8 Å². The number of halogens is 6. The molecular formula is C29H29F6NO3S. The van der Waals surface area contributed by atoms with Crippen LogP contribution >= 0.6 is 11.8 Å². The lowest BCUT2D eigenvalue weighted by atomic mass is 9.92. The number of rotatable bonds is 8. The highest BCUT2D eigenvalue weighted by Gasteiger charge is 2.33. The van der Waals surface area contributed by atoms with E-state index in [1.807, 2.05) is 26.0 Å². The monoisotopic (exact) mass is 585 g/mol. The van der Waals surface area contributed by atoms with Gasteiger partial charge in [0.1, 0.15) is 5.75 Å². The Bertz CT molecular complexity index is 1350. The lowest BCUT2D eigenvalue weighted by molar-refractivity contribution is -0.138. The molecule has 3 rings (SSSR count). The van der Waals surface area contributed by atoms with Crippen molar-refractivity contribution in [2.45, 2.75) is 50.1 Å². The molecule has 0 aliphatic rings. The highest BCUT2D eigenvalue weighted by molar-refractivity contribution is 7.98. The Labute approximate surface area is 233 Å². The number of ether oxygens (including phenoxy) is 2. The largest absolute Gasteiger partial charge is 0.496 e. The Morgan fingerprint density at radius 3 is 2.08 bits per heavy atom. The molecule has 1 amide bonds. The summed E-state index contributed by atoms with van der Waals surface area (Å²) in [6.07, 6.45) is -8.58. The Morgan fingerprint density at radius 2 is 1.52 bits per heavy atom. The van der Waals surface area contributed by atoms with Crippen LogP contribution in [0, 0.1) is 0 Å². The van der Waals surface area contributed by atoms with Gasteiger partial charge >= 0.3 is 18.4 Å². The van der Waals surface area contributed by atoms with Crippen LogP contribution in [0.1, 0.15) is 47.6 Å². The van der Waals surface area contributed by atoms with Gasteiger partial charge in [0.15, 0.2) is 0 Å². The molecule has 3 aromatic carbocycles. The van der Waals surface area contributed by atoms with Crippen LogP contribution in [0.5, 0.6) is 5.75 Å². The standard InChI is InChI=1S/C29H29F6NO3S/c1-17(2)19-6-9-26(38-3)25(13-19)24-8-7-21(28(30,31)32)12-20(24)16-36(27(37)39-4)15-18-10-22(29(33,34)35)14-23(11-18)40-5/h6-14,17H,15-16H2,1-5H3. The first-order valence-corrected chi connectivity index (χ1v) is 13.4. The van der Waals surface area contributed by atoms with E-state index in [-0.39, 0.29) is 30.1 Å². The van der Waals surface area contributed by atoms with E-state index in [1.54, 1.807) is 12.3 Å². The quantitative estimate of drug-likeness (QED) is 0.195. The van der Waals surface area contributed by atoms with Gasteiger partial charge in [0.25, 0.3) is 0 Å². The number of carbonyl (C=O) groups excluding carboxylic acids is 1. The average molecular weight is 586 g/mol. The van der Waals surface area contributed by atoms with Crippen molar-refractivity contribution in [1.29, 1.82) is 0 Å². The fourth-order valence-electron chi connectivity index (χ4n) is 4.23. The van der Waals surface area contributed by atoms with E-state index >= 15 is 0 Å². The van der Waals surface area contributed by atoms with E-state index in [2.05, 4.69) is 0 Å². The molecule has 0 bridgehead atoms. The number of alkyl halides is 6. The molecule has 216 valence electrons. The van der Waals surface area contributed by atoms with E-state index in [1.165, 1.54) is 19.2 Å². The van der Waals surface area contributed by atoms with Crippen molar-refractivity contribution >= 4 is 17.9 Å². The number of thioether (sulfide) groups is 1. The van der Waals surface area contributed by atoms with Crippen LogP contribution in [0.25, 0.3) is 11.1 Å². The molecule has 0 radical (unpaired) electrons. The second kappa shape index (κ2) is 12.4. The van der Waals surface area contributed by atoms with E-state index in [9.17, 15) is 31.1 Å². The number of hydrogen-bond donors (Lipinski definition) is 0. The maximum absolute atomic E-state index is 13.7. The van der Waals surface area contributed by atoms with Crippen LogP contribution in [0.15, 0.2) is 59.5 Å². The molecular weight excluding hydrogens is 556 g/mol. The molecule has 0 aliphatic heterocycles. The summed E-state index contributed by atoms with van der Waals surface area (Å²) in [6.45, 7) is 3.24. The topological polar surface area (TPSA) is 38.8 Å². The van der Waals surface area contributed by atoms with Crippen molar-refractivity contribution in [3.8, 4) is 16.9 Å². The minimum absolute atomic E-state index is 0.112. The van der Waals surface area contributed by atoms with Crippen molar-refractivity contribution in [2.75, 3.05) is 20.5 Å². The molecule has 0 saturated carbocycles. The lowest BCUT2D eigenvalue weighted by Crippen LogP contribution is -2.30. The Hall–Kier alpha value is -3.34. The maximum Gasteiger partial charge on any atom is 0.416 e.